The molecule has 0 radical (unpaired) electrons. The second kappa shape index (κ2) is 6.75. The summed E-state index contributed by atoms with van der Waals surface area (Å²) >= 11 is 0. The minimum atomic E-state index is -0.308. The van der Waals surface area contributed by atoms with Gasteiger partial charge in [0.25, 0.3) is 5.91 Å². The first-order valence-corrected chi connectivity index (χ1v) is 8.91. The SMILES string of the molecule is O=C1CC(Cc2ccc(C(=O)NC3CCc4ccccc43)cc2)C(=O)N1. The van der Waals surface area contributed by atoms with Gasteiger partial charge in [0.1, 0.15) is 0 Å². The van der Waals surface area contributed by atoms with E-state index in [1.807, 2.05) is 24.3 Å². The van der Waals surface area contributed by atoms with Crippen molar-refractivity contribution in [3.63, 3.8) is 0 Å². The Morgan fingerprint density at radius 3 is 2.58 bits per heavy atom. The van der Waals surface area contributed by atoms with Crippen molar-refractivity contribution in [2.45, 2.75) is 31.7 Å². The molecule has 5 nitrogen and oxygen atoms in total. The molecule has 5 heteroatoms. The molecule has 0 spiro atoms. The van der Waals surface area contributed by atoms with Gasteiger partial charge in [-0.25, -0.2) is 0 Å². The van der Waals surface area contributed by atoms with Crippen molar-refractivity contribution in [2.24, 2.45) is 5.92 Å². The Morgan fingerprint density at radius 1 is 1.08 bits per heavy atom. The van der Waals surface area contributed by atoms with E-state index < -0.39 is 0 Å². The van der Waals surface area contributed by atoms with Gasteiger partial charge in [0.05, 0.1) is 12.0 Å². The first-order valence-electron chi connectivity index (χ1n) is 8.91. The number of hydrogen-bond donors (Lipinski definition) is 2. The number of rotatable bonds is 4. The van der Waals surface area contributed by atoms with Gasteiger partial charge in [-0.15, -0.1) is 0 Å². The summed E-state index contributed by atoms with van der Waals surface area (Å²) in [5.74, 6) is -0.825. The van der Waals surface area contributed by atoms with Crippen LogP contribution in [0, 0.1) is 5.92 Å². The van der Waals surface area contributed by atoms with Crippen LogP contribution in [0.25, 0.3) is 0 Å². The quantitative estimate of drug-likeness (QED) is 0.833. The minimum absolute atomic E-state index is 0.0616. The molecule has 0 bridgehead atoms. The van der Waals surface area contributed by atoms with Gasteiger partial charge in [-0.2, -0.15) is 0 Å². The molecule has 26 heavy (non-hydrogen) atoms. The van der Waals surface area contributed by atoms with Crippen LogP contribution in [0.5, 0.6) is 0 Å². The third kappa shape index (κ3) is 3.25. The predicted molar refractivity (Wildman–Crippen MR) is 96.4 cm³/mol. The smallest absolute Gasteiger partial charge is 0.251 e. The lowest BCUT2D eigenvalue weighted by atomic mass is 9.97. The van der Waals surface area contributed by atoms with Crippen molar-refractivity contribution >= 4 is 17.7 Å². The average Bonchev–Trinajstić information content (AvgIpc) is 3.18. The third-order valence-corrected chi connectivity index (χ3v) is 5.20. The molecular formula is C21H20N2O3. The first-order chi connectivity index (χ1) is 12.6. The number of carbonyl (C=O) groups is 3. The maximum absolute atomic E-state index is 12.5. The molecule has 1 aliphatic heterocycles. The van der Waals surface area contributed by atoms with Crippen molar-refractivity contribution in [3.8, 4) is 0 Å². The van der Waals surface area contributed by atoms with Gasteiger partial charge >= 0.3 is 0 Å². The number of hydrogen-bond acceptors (Lipinski definition) is 3. The summed E-state index contributed by atoms with van der Waals surface area (Å²) in [7, 11) is 0. The zero-order valence-electron chi connectivity index (χ0n) is 14.3. The summed E-state index contributed by atoms with van der Waals surface area (Å²) in [5, 5.41) is 5.43. The van der Waals surface area contributed by atoms with Crippen LogP contribution in [-0.2, 0) is 22.4 Å². The van der Waals surface area contributed by atoms with Crippen molar-refractivity contribution < 1.29 is 14.4 Å². The largest absolute Gasteiger partial charge is 0.345 e. The molecule has 2 N–H and O–H groups in total. The average molecular weight is 348 g/mol. The van der Waals surface area contributed by atoms with E-state index in [4.69, 9.17) is 0 Å². The second-order valence-electron chi connectivity index (χ2n) is 6.98. The summed E-state index contributed by atoms with van der Waals surface area (Å²) < 4.78 is 0. The monoisotopic (exact) mass is 348 g/mol. The zero-order valence-corrected chi connectivity index (χ0v) is 14.3. The van der Waals surface area contributed by atoms with E-state index in [1.54, 1.807) is 12.1 Å². The van der Waals surface area contributed by atoms with E-state index in [2.05, 4.69) is 22.8 Å². The Labute approximate surface area is 151 Å². The molecule has 1 aliphatic carbocycles. The Kier molecular flexibility index (Phi) is 4.29. The van der Waals surface area contributed by atoms with Gasteiger partial charge in [-0.05, 0) is 48.1 Å². The van der Waals surface area contributed by atoms with Crippen molar-refractivity contribution in [2.75, 3.05) is 0 Å². The molecule has 3 amide bonds. The number of carbonyl (C=O) groups excluding carboxylic acids is 3. The number of amides is 3. The highest BCUT2D eigenvalue weighted by molar-refractivity contribution is 6.03. The van der Waals surface area contributed by atoms with Gasteiger partial charge in [-0.1, -0.05) is 36.4 Å². The van der Waals surface area contributed by atoms with Crippen LogP contribution in [0.4, 0.5) is 0 Å². The minimum Gasteiger partial charge on any atom is -0.345 e. The lowest BCUT2D eigenvalue weighted by molar-refractivity contribution is -0.125. The summed E-state index contributed by atoms with van der Waals surface area (Å²) in [5.41, 5.74) is 4.06. The lowest BCUT2D eigenvalue weighted by Crippen LogP contribution is -2.27. The lowest BCUT2D eigenvalue weighted by Gasteiger charge is -2.14. The highest BCUT2D eigenvalue weighted by Crippen LogP contribution is 2.30. The highest BCUT2D eigenvalue weighted by atomic mass is 16.2. The Hall–Kier alpha value is -2.95. The van der Waals surface area contributed by atoms with Crippen LogP contribution >= 0.6 is 0 Å². The summed E-state index contributed by atoms with van der Waals surface area (Å²) in [6, 6.07) is 15.5. The molecule has 1 saturated heterocycles. The van der Waals surface area contributed by atoms with Gasteiger partial charge in [-0.3, -0.25) is 19.7 Å². The summed E-state index contributed by atoms with van der Waals surface area (Å²) in [6.07, 6.45) is 2.66. The Bertz CT molecular complexity index is 873. The van der Waals surface area contributed by atoms with Crippen LogP contribution in [0.1, 0.15) is 45.9 Å². The number of nitrogens with one attached hydrogen (secondary N) is 2. The van der Waals surface area contributed by atoms with E-state index in [1.165, 1.54) is 11.1 Å². The van der Waals surface area contributed by atoms with E-state index in [-0.39, 0.29) is 36.1 Å². The molecule has 2 aromatic rings. The van der Waals surface area contributed by atoms with Crippen molar-refractivity contribution in [1.82, 2.24) is 10.6 Å². The van der Waals surface area contributed by atoms with Gasteiger partial charge < -0.3 is 5.32 Å². The molecule has 0 aromatic heterocycles. The predicted octanol–water partition coefficient (Wildman–Crippen LogP) is 2.31. The molecule has 2 unspecified atom stereocenters. The fourth-order valence-corrected chi connectivity index (χ4v) is 3.80. The van der Waals surface area contributed by atoms with Gasteiger partial charge in [0, 0.05) is 12.0 Å². The standard InChI is InChI=1S/C21H20N2O3/c24-19-12-16(21(26)23-19)11-13-5-7-15(8-6-13)20(25)22-18-10-9-14-3-1-2-4-17(14)18/h1-8,16,18H,9-12H2,(H,22,25)(H,23,24,26). The maximum atomic E-state index is 12.5. The van der Waals surface area contributed by atoms with Crippen molar-refractivity contribution in [1.29, 1.82) is 0 Å². The van der Waals surface area contributed by atoms with Crippen molar-refractivity contribution in [3.05, 3.63) is 70.8 Å². The molecule has 0 saturated carbocycles. The van der Waals surface area contributed by atoms with E-state index in [9.17, 15) is 14.4 Å². The topological polar surface area (TPSA) is 75.3 Å². The Morgan fingerprint density at radius 2 is 1.85 bits per heavy atom. The van der Waals surface area contributed by atoms with Gasteiger partial charge in [0.2, 0.25) is 11.8 Å². The normalized spacial score (nSPS) is 21.4. The third-order valence-electron chi connectivity index (χ3n) is 5.20. The molecular weight excluding hydrogens is 328 g/mol. The van der Waals surface area contributed by atoms with Crippen LogP contribution < -0.4 is 10.6 Å². The number of benzene rings is 2. The summed E-state index contributed by atoms with van der Waals surface area (Å²) in [6.45, 7) is 0. The molecule has 4 rings (SSSR count). The molecule has 1 fully saturated rings. The fraction of sp³-hybridized carbons (Fsp3) is 0.286. The molecule has 2 atom stereocenters. The number of fused-ring (bicyclic) bond motifs is 1. The van der Waals surface area contributed by atoms with E-state index in [0.717, 1.165) is 18.4 Å². The number of imide groups is 1. The molecule has 2 aromatic carbocycles. The van der Waals surface area contributed by atoms with Gasteiger partial charge in [0.15, 0.2) is 0 Å². The zero-order chi connectivity index (χ0) is 18.1. The highest BCUT2D eigenvalue weighted by Gasteiger charge is 2.30. The second-order valence-corrected chi connectivity index (χ2v) is 6.98. The first kappa shape index (κ1) is 16.5. The maximum Gasteiger partial charge on any atom is 0.251 e. The van der Waals surface area contributed by atoms with Crippen LogP contribution in [0.2, 0.25) is 0 Å². The van der Waals surface area contributed by atoms with Crippen LogP contribution in [-0.4, -0.2) is 17.7 Å². The Balaban J connectivity index is 1.40. The molecule has 2 aliphatic rings. The van der Waals surface area contributed by atoms with Crippen LogP contribution in [0.15, 0.2) is 48.5 Å². The number of aryl methyl sites for hydroxylation is 1. The molecule has 1 heterocycles. The van der Waals surface area contributed by atoms with E-state index in [0.29, 0.717) is 12.0 Å². The van der Waals surface area contributed by atoms with Crippen LogP contribution in [0.3, 0.4) is 0 Å². The molecule has 132 valence electrons. The fourth-order valence-electron chi connectivity index (χ4n) is 3.80. The van der Waals surface area contributed by atoms with E-state index >= 15 is 0 Å². The summed E-state index contributed by atoms with van der Waals surface area (Å²) in [4.78, 5) is 35.5.